The van der Waals surface area contributed by atoms with Crippen molar-refractivity contribution in [2.45, 2.75) is 38.6 Å². The maximum absolute atomic E-state index is 6.07. The molecule has 2 nitrogen and oxygen atoms in total. The lowest BCUT2D eigenvalue weighted by molar-refractivity contribution is 0.245. The topological polar surface area (TPSA) is 29.3 Å². The lowest BCUT2D eigenvalue weighted by atomic mass is 10.00. The van der Waals surface area contributed by atoms with Crippen LogP contribution in [-0.4, -0.2) is 30.6 Å². The second-order valence-corrected chi connectivity index (χ2v) is 4.65. The van der Waals surface area contributed by atoms with Gasteiger partial charge in [0, 0.05) is 18.6 Å². The predicted molar refractivity (Wildman–Crippen MR) is 53.1 cm³/mol. The summed E-state index contributed by atoms with van der Waals surface area (Å²) in [7, 11) is 2.18. The summed E-state index contributed by atoms with van der Waals surface area (Å²) in [5.74, 6) is 0.975. The Morgan fingerprint density at radius 3 is 2.50 bits per heavy atom. The monoisotopic (exact) mass is 170 g/mol. The molecule has 1 unspecified atom stereocenters. The Bertz CT molecular complexity index is 139. The smallest absolute Gasteiger partial charge is 0.0252 e. The molecule has 0 aromatic heterocycles. The minimum absolute atomic E-state index is 0.00361. The quantitative estimate of drug-likeness (QED) is 0.677. The predicted octanol–water partition coefficient (Wildman–Crippen LogP) is 1.46. The van der Waals surface area contributed by atoms with Crippen LogP contribution in [0.1, 0.15) is 33.1 Å². The molecule has 1 rings (SSSR count). The number of nitrogens with two attached hydrogens (primary N) is 1. The maximum atomic E-state index is 6.07. The Labute approximate surface area is 76.1 Å². The summed E-state index contributed by atoms with van der Waals surface area (Å²) in [4.78, 5) is 2.38. The standard InChI is InChI=1S/C10H22N2/c1-4-10(2,11)8-12(3)7-9-5-6-9/h9H,4-8,11H2,1-3H3. The minimum atomic E-state index is 0.00361. The molecule has 0 spiro atoms. The van der Waals surface area contributed by atoms with E-state index in [0.717, 1.165) is 18.9 Å². The van der Waals surface area contributed by atoms with E-state index in [1.54, 1.807) is 0 Å². The molecule has 72 valence electrons. The van der Waals surface area contributed by atoms with Crippen LogP contribution in [0.15, 0.2) is 0 Å². The first kappa shape index (κ1) is 10.0. The highest BCUT2D eigenvalue weighted by molar-refractivity contribution is 4.83. The normalized spacial score (nSPS) is 22.8. The van der Waals surface area contributed by atoms with Gasteiger partial charge in [-0.3, -0.25) is 0 Å². The van der Waals surface area contributed by atoms with E-state index in [1.807, 2.05) is 0 Å². The van der Waals surface area contributed by atoms with Gasteiger partial charge in [-0.15, -0.1) is 0 Å². The first-order valence-electron chi connectivity index (χ1n) is 5.01. The zero-order valence-corrected chi connectivity index (χ0v) is 8.64. The van der Waals surface area contributed by atoms with Crippen molar-refractivity contribution in [2.75, 3.05) is 20.1 Å². The second-order valence-electron chi connectivity index (χ2n) is 4.65. The summed E-state index contributed by atoms with van der Waals surface area (Å²) >= 11 is 0. The Balaban J connectivity index is 2.18. The van der Waals surface area contributed by atoms with E-state index < -0.39 is 0 Å². The van der Waals surface area contributed by atoms with Crippen molar-refractivity contribution in [1.29, 1.82) is 0 Å². The van der Waals surface area contributed by atoms with Crippen molar-refractivity contribution in [2.24, 2.45) is 11.7 Å². The summed E-state index contributed by atoms with van der Waals surface area (Å²) in [5.41, 5.74) is 6.08. The van der Waals surface area contributed by atoms with Crippen LogP contribution in [0.5, 0.6) is 0 Å². The lowest BCUT2D eigenvalue weighted by Gasteiger charge is -2.29. The van der Waals surface area contributed by atoms with Gasteiger partial charge in [0.25, 0.3) is 0 Å². The fourth-order valence-corrected chi connectivity index (χ4v) is 1.53. The van der Waals surface area contributed by atoms with Gasteiger partial charge in [-0.25, -0.2) is 0 Å². The number of rotatable bonds is 5. The summed E-state index contributed by atoms with van der Waals surface area (Å²) in [6.45, 7) is 6.56. The van der Waals surface area contributed by atoms with Crippen LogP contribution in [-0.2, 0) is 0 Å². The third-order valence-corrected chi connectivity index (χ3v) is 2.71. The molecule has 1 aliphatic rings. The van der Waals surface area contributed by atoms with Crippen molar-refractivity contribution in [3.8, 4) is 0 Å². The van der Waals surface area contributed by atoms with E-state index in [0.29, 0.717) is 0 Å². The molecule has 0 aromatic carbocycles. The Morgan fingerprint density at radius 2 is 2.08 bits per heavy atom. The zero-order valence-electron chi connectivity index (χ0n) is 8.64. The highest BCUT2D eigenvalue weighted by atomic mass is 15.1. The molecule has 0 bridgehead atoms. The van der Waals surface area contributed by atoms with Crippen molar-refractivity contribution in [3.63, 3.8) is 0 Å². The number of likely N-dealkylation sites (N-methyl/N-ethyl adjacent to an activating group) is 1. The zero-order chi connectivity index (χ0) is 9.19. The lowest BCUT2D eigenvalue weighted by Crippen LogP contribution is -2.46. The van der Waals surface area contributed by atoms with E-state index in [4.69, 9.17) is 5.73 Å². The van der Waals surface area contributed by atoms with Gasteiger partial charge >= 0.3 is 0 Å². The van der Waals surface area contributed by atoms with Crippen LogP contribution in [0.25, 0.3) is 0 Å². The molecule has 0 aliphatic heterocycles. The van der Waals surface area contributed by atoms with Gasteiger partial charge in [-0.1, -0.05) is 6.92 Å². The first-order chi connectivity index (χ1) is 5.53. The van der Waals surface area contributed by atoms with E-state index in [1.165, 1.54) is 19.4 Å². The Hall–Kier alpha value is -0.0800. The highest BCUT2D eigenvalue weighted by Crippen LogP contribution is 2.29. The van der Waals surface area contributed by atoms with Crippen molar-refractivity contribution < 1.29 is 0 Å². The fraction of sp³-hybridized carbons (Fsp3) is 1.00. The van der Waals surface area contributed by atoms with Gasteiger partial charge in [0.15, 0.2) is 0 Å². The van der Waals surface area contributed by atoms with Crippen molar-refractivity contribution in [3.05, 3.63) is 0 Å². The Kier molecular flexibility index (Phi) is 3.13. The van der Waals surface area contributed by atoms with Crippen molar-refractivity contribution in [1.82, 2.24) is 4.90 Å². The van der Waals surface area contributed by atoms with Gasteiger partial charge in [-0.05, 0) is 39.2 Å². The molecular formula is C10H22N2. The van der Waals surface area contributed by atoms with Gasteiger partial charge in [-0.2, -0.15) is 0 Å². The third-order valence-electron chi connectivity index (χ3n) is 2.71. The average Bonchev–Trinajstić information content (AvgIpc) is 2.70. The molecule has 1 fully saturated rings. The SMILES string of the molecule is CCC(C)(N)CN(C)CC1CC1. The number of nitrogens with zero attached hydrogens (tertiary/aromatic N) is 1. The molecule has 0 radical (unpaired) electrons. The number of hydrogen-bond acceptors (Lipinski definition) is 2. The largest absolute Gasteiger partial charge is 0.324 e. The molecular weight excluding hydrogens is 148 g/mol. The summed E-state index contributed by atoms with van der Waals surface area (Å²) < 4.78 is 0. The van der Waals surface area contributed by atoms with Crippen LogP contribution in [0, 0.1) is 5.92 Å². The molecule has 0 aromatic rings. The van der Waals surface area contributed by atoms with Crippen LogP contribution in [0.2, 0.25) is 0 Å². The van der Waals surface area contributed by atoms with Crippen LogP contribution in [0.4, 0.5) is 0 Å². The molecule has 2 N–H and O–H groups in total. The second kappa shape index (κ2) is 3.75. The van der Waals surface area contributed by atoms with Gasteiger partial charge in [0.05, 0.1) is 0 Å². The van der Waals surface area contributed by atoms with E-state index in [9.17, 15) is 0 Å². The molecule has 12 heavy (non-hydrogen) atoms. The van der Waals surface area contributed by atoms with Crippen LogP contribution >= 0.6 is 0 Å². The Morgan fingerprint density at radius 1 is 1.50 bits per heavy atom. The van der Waals surface area contributed by atoms with Gasteiger partial charge < -0.3 is 10.6 Å². The molecule has 0 saturated heterocycles. The maximum Gasteiger partial charge on any atom is 0.0252 e. The molecule has 1 saturated carbocycles. The molecule has 0 amide bonds. The summed E-state index contributed by atoms with van der Waals surface area (Å²) in [6, 6.07) is 0. The minimum Gasteiger partial charge on any atom is -0.324 e. The molecule has 1 aliphatic carbocycles. The van der Waals surface area contributed by atoms with E-state index >= 15 is 0 Å². The van der Waals surface area contributed by atoms with Gasteiger partial charge in [0.1, 0.15) is 0 Å². The van der Waals surface area contributed by atoms with E-state index in [-0.39, 0.29) is 5.54 Å². The van der Waals surface area contributed by atoms with E-state index in [2.05, 4.69) is 25.8 Å². The average molecular weight is 170 g/mol. The summed E-state index contributed by atoms with van der Waals surface area (Å²) in [6.07, 6.45) is 3.91. The molecule has 1 atom stereocenters. The molecule has 0 heterocycles. The van der Waals surface area contributed by atoms with Crippen LogP contribution in [0.3, 0.4) is 0 Å². The van der Waals surface area contributed by atoms with Crippen molar-refractivity contribution >= 4 is 0 Å². The number of hydrogen-bond donors (Lipinski definition) is 1. The highest BCUT2D eigenvalue weighted by Gasteiger charge is 2.25. The first-order valence-corrected chi connectivity index (χ1v) is 5.01. The van der Waals surface area contributed by atoms with Crippen LogP contribution < -0.4 is 5.73 Å². The summed E-state index contributed by atoms with van der Waals surface area (Å²) in [5, 5.41) is 0. The fourth-order valence-electron chi connectivity index (χ4n) is 1.53. The molecule has 2 heteroatoms. The third kappa shape index (κ3) is 3.55. The van der Waals surface area contributed by atoms with Gasteiger partial charge in [0.2, 0.25) is 0 Å².